The number of piperidine rings is 1. The van der Waals surface area contributed by atoms with Crippen LogP contribution < -0.4 is 10.0 Å². The van der Waals surface area contributed by atoms with E-state index in [0.717, 1.165) is 37.4 Å². The van der Waals surface area contributed by atoms with E-state index in [2.05, 4.69) is 10.0 Å². The number of carbonyl (C=O) groups is 1. The van der Waals surface area contributed by atoms with Gasteiger partial charge in [0.1, 0.15) is 6.54 Å². The third-order valence-corrected chi connectivity index (χ3v) is 5.85. The molecular formula is C17H26N2O4S. The van der Waals surface area contributed by atoms with Crippen molar-refractivity contribution in [3.63, 3.8) is 0 Å². The van der Waals surface area contributed by atoms with Crippen LogP contribution in [0.3, 0.4) is 0 Å². The molecule has 1 heterocycles. The zero-order chi connectivity index (χ0) is 17.4. The molecule has 0 spiro atoms. The summed E-state index contributed by atoms with van der Waals surface area (Å²) >= 11 is 0. The van der Waals surface area contributed by atoms with Crippen LogP contribution in [0.15, 0.2) is 29.2 Å². The highest BCUT2D eigenvalue weighted by Crippen LogP contribution is 2.20. The van der Waals surface area contributed by atoms with Crippen LogP contribution in [0.1, 0.15) is 37.7 Å². The van der Waals surface area contributed by atoms with Crippen LogP contribution >= 0.6 is 0 Å². The molecule has 0 aliphatic carbocycles. The number of nitrogens with one attached hydrogen (secondary N) is 2. The number of rotatable bonds is 9. The summed E-state index contributed by atoms with van der Waals surface area (Å²) in [5, 5.41) is 11.9. The van der Waals surface area contributed by atoms with Crippen LogP contribution in [0.4, 0.5) is 0 Å². The van der Waals surface area contributed by atoms with Gasteiger partial charge in [0.2, 0.25) is 10.0 Å². The molecule has 0 bridgehead atoms. The summed E-state index contributed by atoms with van der Waals surface area (Å²) in [5.74, 6) is -0.358. The van der Waals surface area contributed by atoms with Crippen molar-refractivity contribution in [1.82, 2.24) is 10.0 Å². The first-order valence-electron chi connectivity index (χ1n) is 8.48. The van der Waals surface area contributed by atoms with Crippen LogP contribution in [0, 0.1) is 5.92 Å². The molecule has 134 valence electrons. The van der Waals surface area contributed by atoms with Crippen molar-refractivity contribution in [1.29, 1.82) is 0 Å². The van der Waals surface area contributed by atoms with E-state index >= 15 is 0 Å². The van der Waals surface area contributed by atoms with Gasteiger partial charge in [0, 0.05) is 0 Å². The van der Waals surface area contributed by atoms with Crippen molar-refractivity contribution < 1.29 is 18.3 Å². The number of benzene rings is 1. The Hall–Kier alpha value is -1.44. The molecule has 0 saturated carbocycles. The van der Waals surface area contributed by atoms with Gasteiger partial charge in [-0.05, 0) is 62.4 Å². The Labute approximate surface area is 143 Å². The lowest BCUT2D eigenvalue weighted by Crippen LogP contribution is -2.29. The SMILES string of the molecule is O=C(O)CNS(=O)(=O)c1ccc(CCCCC2CCNCC2)cc1. The molecule has 3 N–H and O–H groups in total. The molecule has 1 aliphatic rings. The van der Waals surface area contributed by atoms with Gasteiger partial charge in [-0.1, -0.05) is 25.0 Å². The molecule has 1 fully saturated rings. The number of unbranched alkanes of at least 4 members (excludes halogenated alkanes) is 1. The van der Waals surface area contributed by atoms with Gasteiger partial charge in [-0.15, -0.1) is 0 Å². The predicted octanol–water partition coefficient (Wildman–Crippen LogP) is 1.76. The second-order valence-corrected chi connectivity index (χ2v) is 8.07. The molecule has 6 nitrogen and oxygen atoms in total. The second kappa shape index (κ2) is 9.15. The Morgan fingerprint density at radius 2 is 1.83 bits per heavy atom. The van der Waals surface area contributed by atoms with Crippen molar-refractivity contribution in [3.05, 3.63) is 29.8 Å². The van der Waals surface area contributed by atoms with E-state index in [-0.39, 0.29) is 4.90 Å². The first kappa shape index (κ1) is 18.9. The topological polar surface area (TPSA) is 95.5 Å². The van der Waals surface area contributed by atoms with Crippen molar-refractivity contribution >= 4 is 16.0 Å². The zero-order valence-corrected chi connectivity index (χ0v) is 14.6. The number of hydrogen-bond acceptors (Lipinski definition) is 4. The van der Waals surface area contributed by atoms with Crippen LogP contribution in [-0.2, 0) is 21.2 Å². The van der Waals surface area contributed by atoms with E-state index in [1.165, 1.54) is 37.8 Å². The number of hydrogen-bond donors (Lipinski definition) is 3. The molecule has 7 heteroatoms. The van der Waals surface area contributed by atoms with Gasteiger partial charge in [-0.25, -0.2) is 8.42 Å². The largest absolute Gasteiger partial charge is 0.480 e. The Bertz CT molecular complexity index is 622. The summed E-state index contributed by atoms with van der Waals surface area (Å²) in [6.07, 6.45) is 7.06. The third-order valence-electron chi connectivity index (χ3n) is 4.43. The fourth-order valence-electron chi connectivity index (χ4n) is 3.01. The molecule has 0 atom stereocenters. The average Bonchev–Trinajstić information content (AvgIpc) is 2.58. The van der Waals surface area contributed by atoms with Crippen molar-refractivity contribution in [2.24, 2.45) is 5.92 Å². The summed E-state index contributed by atoms with van der Waals surface area (Å²) < 4.78 is 25.9. The minimum Gasteiger partial charge on any atom is -0.480 e. The predicted molar refractivity (Wildman–Crippen MR) is 92.4 cm³/mol. The lowest BCUT2D eigenvalue weighted by Gasteiger charge is -2.22. The molecule has 1 aliphatic heterocycles. The fraction of sp³-hybridized carbons (Fsp3) is 0.588. The monoisotopic (exact) mass is 354 g/mol. The Balaban J connectivity index is 1.76. The molecule has 1 saturated heterocycles. The number of sulfonamides is 1. The standard InChI is InChI=1S/C17H26N2O4S/c20-17(21)13-19-24(22,23)16-7-5-14(6-8-16)3-1-2-4-15-9-11-18-12-10-15/h5-8,15,18-19H,1-4,9-13H2,(H,20,21). The lowest BCUT2D eigenvalue weighted by molar-refractivity contribution is -0.135. The summed E-state index contributed by atoms with van der Waals surface area (Å²) in [5.41, 5.74) is 1.11. The molecule has 0 amide bonds. The quantitative estimate of drug-likeness (QED) is 0.587. The molecule has 0 unspecified atom stereocenters. The Morgan fingerprint density at radius 1 is 1.17 bits per heavy atom. The van der Waals surface area contributed by atoms with E-state index in [4.69, 9.17) is 5.11 Å². The molecular weight excluding hydrogens is 328 g/mol. The highest BCUT2D eigenvalue weighted by atomic mass is 32.2. The Kier molecular flexibility index (Phi) is 7.20. The number of aliphatic carboxylic acids is 1. The smallest absolute Gasteiger partial charge is 0.318 e. The number of carboxylic acid groups (broad SMARTS) is 1. The van der Waals surface area contributed by atoms with Gasteiger partial charge in [0.05, 0.1) is 4.90 Å². The van der Waals surface area contributed by atoms with E-state index < -0.39 is 22.5 Å². The maximum atomic E-state index is 11.9. The Morgan fingerprint density at radius 3 is 2.46 bits per heavy atom. The van der Waals surface area contributed by atoms with Crippen molar-refractivity contribution in [2.45, 2.75) is 43.4 Å². The van der Waals surface area contributed by atoms with E-state index in [0.29, 0.717) is 0 Å². The zero-order valence-electron chi connectivity index (χ0n) is 13.8. The van der Waals surface area contributed by atoms with Crippen LogP contribution in [0.2, 0.25) is 0 Å². The molecule has 1 aromatic rings. The summed E-state index contributed by atoms with van der Waals surface area (Å²) in [6, 6.07) is 6.68. The van der Waals surface area contributed by atoms with Crippen LogP contribution in [0.25, 0.3) is 0 Å². The summed E-state index contributed by atoms with van der Waals surface area (Å²) in [4.78, 5) is 10.6. The van der Waals surface area contributed by atoms with Gasteiger partial charge in [-0.2, -0.15) is 4.72 Å². The molecule has 0 aromatic heterocycles. The second-order valence-electron chi connectivity index (χ2n) is 6.30. The van der Waals surface area contributed by atoms with Gasteiger partial charge in [0.25, 0.3) is 0 Å². The minimum atomic E-state index is -3.75. The van der Waals surface area contributed by atoms with Gasteiger partial charge < -0.3 is 10.4 Å². The first-order chi connectivity index (χ1) is 11.5. The third kappa shape index (κ3) is 6.22. The van der Waals surface area contributed by atoms with E-state index in [1.54, 1.807) is 12.1 Å². The van der Waals surface area contributed by atoms with E-state index in [9.17, 15) is 13.2 Å². The molecule has 24 heavy (non-hydrogen) atoms. The molecule has 1 aromatic carbocycles. The maximum Gasteiger partial charge on any atom is 0.318 e. The maximum absolute atomic E-state index is 11.9. The van der Waals surface area contributed by atoms with Crippen molar-refractivity contribution in [2.75, 3.05) is 19.6 Å². The van der Waals surface area contributed by atoms with Gasteiger partial charge >= 0.3 is 5.97 Å². The summed E-state index contributed by atoms with van der Waals surface area (Å²) in [7, 11) is -3.75. The summed E-state index contributed by atoms with van der Waals surface area (Å²) in [6.45, 7) is 1.66. The van der Waals surface area contributed by atoms with Gasteiger partial charge in [0.15, 0.2) is 0 Å². The molecule has 0 radical (unpaired) electrons. The van der Waals surface area contributed by atoms with Crippen LogP contribution in [-0.4, -0.2) is 39.1 Å². The first-order valence-corrected chi connectivity index (χ1v) is 9.97. The van der Waals surface area contributed by atoms with Crippen LogP contribution in [0.5, 0.6) is 0 Å². The number of carboxylic acids is 1. The highest BCUT2D eigenvalue weighted by Gasteiger charge is 2.15. The van der Waals surface area contributed by atoms with Crippen molar-refractivity contribution in [3.8, 4) is 0 Å². The lowest BCUT2D eigenvalue weighted by atomic mass is 9.92. The minimum absolute atomic E-state index is 0.0993. The van der Waals surface area contributed by atoms with Gasteiger partial charge in [-0.3, -0.25) is 4.79 Å². The van der Waals surface area contributed by atoms with E-state index in [1.807, 2.05) is 0 Å². The normalized spacial score (nSPS) is 16.2. The molecule has 2 rings (SSSR count). The number of aryl methyl sites for hydroxylation is 1. The highest BCUT2D eigenvalue weighted by molar-refractivity contribution is 7.89. The fourth-order valence-corrected chi connectivity index (χ4v) is 3.98. The average molecular weight is 354 g/mol.